The SMILES string of the molecule is COc1cc(Nc2nc(Cl)nc3c2ncn3C2CC2)cc(Br)c1Cl. The molecule has 2 heterocycles. The summed E-state index contributed by atoms with van der Waals surface area (Å²) >= 11 is 15.7. The van der Waals surface area contributed by atoms with Gasteiger partial charge in [-0.2, -0.15) is 9.97 Å². The van der Waals surface area contributed by atoms with E-state index in [0.29, 0.717) is 32.6 Å². The van der Waals surface area contributed by atoms with E-state index in [2.05, 4.69) is 36.2 Å². The van der Waals surface area contributed by atoms with Crippen molar-refractivity contribution in [2.45, 2.75) is 18.9 Å². The molecule has 0 saturated heterocycles. The van der Waals surface area contributed by atoms with Crippen LogP contribution in [0.15, 0.2) is 22.9 Å². The Morgan fingerprint density at radius 1 is 1.29 bits per heavy atom. The largest absolute Gasteiger partial charge is 0.495 e. The summed E-state index contributed by atoms with van der Waals surface area (Å²) in [6.45, 7) is 0. The van der Waals surface area contributed by atoms with Gasteiger partial charge in [-0.05, 0) is 46.4 Å². The number of aromatic nitrogens is 4. The van der Waals surface area contributed by atoms with Gasteiger partial charge >= 0.3 is 0 Å². The summed E-state index contributed by atoms with van der Waals surface area (Å²) in [4.78, 5) is 13.0. The lowest BCUT2D eigenvalue weighted by atomic mass is 10.3. The fourth-order valence-electron chi connectivity index (χ4n) is 2.52. The fraction of sp³-hybridized carbons (Fsp3) is 0.267. The van der Waals surface area contributed by atoms with Gasteiger partial charge in [-0.15, -0.1) is 0 Å². The predicted octanol–water partition coefficient (Wildman–Crippen LogP) is 4.98. The third kappa shape index (κ3) is 2.81. The Bertz CT molecular complexity index is 941. The Morgan fingerprint density at radius 2 is 2.08 bits per heavy atom. The van der Waals surface area contributed by atoms with E-state index in [1.54, 1.807) is 19.5 Å². The van der Waals surface area contributed by atoms with Gasteiger partial charge in [0, 0.05) is 22.3 Å². The standard InChI is InChI=1S/C15H12BrCl2N5O/c1-24-10-5-7(4-9(16)11(10)17)20-13-12-14(22-15(18)21-13)23(6-19-12)8-2-3-8/h4-6,8H,2-3H2,1H3,(H,20,21,22). The summed E-state index contributed by atoms with van der Waals surface area (Å²) in [7, 11) is 1.56. The van der Waals surface area contributed by atoms with Gasteiger partial charge in [0.05, 0.1) is 18.5 Å². The van der Waals surface area contributed by atoms with E-state index in [9.17, 15) is 0 Å². The van der Waals surface area contributed by atoms with Crippen LogP contribution >= 0.6 is 39.1 Å². The number of ether oxygens (including phenoxy) is 1. The molecular weight excluding hydrogens is 417 g/mol. The van der Waals surface area contributed by atoms with E-state index in [4.69, 9.17) is 27.9 Å². The molecule has 0 bridgehead atoms. The molecule has 0 aliphatic heterocycles. The van der Waals surface area contributed by atoms with E-state index in [0.717, 1.165) is 24.2 Å². The molecule has 1 aromatic carbocycles. The third-order valence-electron chi connectivity index (χ3n) is 3.81. The fourth-order valence-corrected chi connectivity index (χ4v) is 3.31. The van der Waals surface area contributed by atoms with Gasteiger partial charge in [0.15, 0.2) is 17.0 Å². The van der Waals surface area contributed by atoms with Gasteiger partial charge in [0.2, 0.25) is 5.28 Å². The molecule has 1 fully saturated rings. The molecule has 1 saturated carbocycles. The molecule has 0 amide bonds. The molecule has 0 spiro atoms. The van der Waals surface area contributed by atoms with Crippen molar-refractivity contribution in [2.24, 2.45) is 0 Å². The van der Waals surface area contributed by atoms with Gasteiger partial charge in [0.25, 0.3) is 0 Å². The van der Waals surface area contributed by atoms with Crippen LogP contribution < -0.4 is 10.1 Å². The van der Waals surface area contributed by atoms with Crippen molar-refractivity contribution in [1.82, 2.24) is 19.5 Å². The molecule has 0 unspecified atom stereocenters. The molecule has 124 valence electrons. The number of hydrogen-bond acceptors (Lipinski definition) is 5. The summed E-state index contributed by atoms with van der Waals surface area (Å²) in [5.41, 5.74) is 2.16. The average Bonchev–Trinajstić information content (AvgIpc) is 3.30. The van der Waals surface area contributed by atoms with Crippen LogP contribution in [0.1, 0.15) is 18.9 Å². The zero-order valence-electron chi connectivity index (χ0n) is 12.6. The van der Waals surface area contributed by atoms with Crippen LogP contribution in [0.25, 0.3) is 11.2 Å². The van der Waals surface area contributed by atoms with Gasteiger partial charge in [-0.1, -0.05) is 11.6 Å². The number of halogens is 3. The van der Waals surface area contributed by atoms with E-state index < -0.39 is 0 Å². The van der Waals surface area contributed by atoms with Crippen molar-refractivity contribution in [2.75, 3.05) is 12.4 Å². The maximum atomic E-state index is 6.17. The Hall–Kier alpha value is -1.57. The number of nitrogens with zero attached hydrogens (tertiary/aromatic N) is 4. The second-order valence-electron chi connectivity index (χ2n) is 5.50. The lowest BCUT2D eigenvalue weighted by Crippen LogP contribution is -2.00. The highest BCUT2D eigenvalue weighted by Crippen LogP contribution is 2.39. The van der Waals surface area contributed by atoms with Gasteiger partial charge in [0.1, 0.15) is 5.75 Å². The third-order valence-corrected chi connectivity index (χ3v) is 5.22. The van der Waals surface area contributed by atoms with Crippen molar-refractivity contribution in [3.63, 3.8) is 0 Å². The molecule has 0 atom stereocenters. The second-order valence-corrected chi connectivity index (χ2v) is 7.07. The molecular formula is C15H12BrCl2N5O. The first kappa shape index (κ1) is 15.9. The minimum absolute atomic E-state index is 0.174. The Balaban J connectivity index is 1.78. The Morgan fingerprint density at radius 3 is 2.79 bits per heavy atom. The van der Waals surface area contributed by atoms with Crippen molar-refractivity contribution in [1.29, 1.82) is 0 Å². The summed E-state index contributed by atoms with van der Waals surface area (Å²) in [6, 6.07) is 4.08. The van der Waals surface area contributed by atoms with E-state index >= 15 is 0 Å². The van der Waals surface area contributed by atoms with E-state index in [1.165, 1.54) is 0 Å². The molecule has 0 radical (unpaired) electrons. The molecule has 1 N–H and O–H groups in total. The summed E-state index contributed by atoms with van der Waals surface area (Å²) < 4.78 is 8.04. The molecule has 9 heteroatoms. The molecule has 24 heavy (non-hydrogen) atoms. The smallest absolute Gasteiger partial charge is 0.226 e. The first-order valence-electron chi connectivity index (χ1n) is 7.27. The van der Waals surface area contributed by atoms with Crippen LogP contribution in [-0.2, 0) is 0 Å². The number of fused-ring (bicyclic) bond motifs is 1. The summed E-state index contributed by atoms with van der Waals surface area (Å²) in [5.74, 6) is 1.09. The summed E-state index contributed by atoms with van der Waals surface area (Å²) in [5, 5.41) is 3.90. The lowest BCUT2D eigenvalue weighted by molar-refractivity contribution is 0.415. The Labute approximate surface area is 156 Å². The number of methoxy groups -OCH3 is 1. The monoisotopic (exact) mass is 427 g/mol. The van der Waals surface area contributed by atoms with Crippen molar-refractivity contribution < 1.29 is 4.74 Å². The maximum absolute atomic E-state index is 6.17. The molecule has 1 aliphatic carbocycles. The van der Waals surface area contributed by atoms with Crippen LogP contribution in [0.2, 0.25) is 10.3 Å². The maximum Gasteiger partial charge on any atom is 0.226 e. The highest BCUT2D eigenvalue weighted by molar-refractivity contribution is 9.10. The van der Waals surface area contributed by atoms with Crippen LogP contribution in [-0.4, -0.2) is 26.6 Å². The number of hydrogen-bond donors (Lipinski definition) is 1. The normalized spacial score (nSPS) is 14.2. The molecule has 4 rings (SSSR count). The van der Waals surface area contributed by atoms with Crippen molar-refractivity contribution in [3.8, 4) is 5.75 Å². The van der Waals surface area contributed by atoms with Crippen LogP contribution in [0.5, 0.6) is 5.75 Å². The molecule has 1 aliphatic rings. The predicted molar refractivity (Wildman–Crippen MR) is 97.6 cm³/mol. The van der Waals surface area contributed by atoms with Gasteiger partial charge in [-0.25, -0.2) is 4.98 Å². The van der Waals surface area contributed by atoms with Gasteiger partial charge < -0.3 is 14.6 Å². The van der Waals surface area contributed by atoms with Crippen LogP contribution in [0, 0.1) is 0 Å². The number of benzene rings is 1. The topological polar surface area (TPSA) is 64.9 Å². The first-order chi connectivity index (χ1) is 11.6. The molecule has 6 nitrogen and oxygen atoms in total. The number of rotatable bonds is 4. The Kier molecular flexibility index (Phi) is 4.02. The van der Waals surface area contributed by atoms with Crippen molar-refractivity contribution >= 4 is 61.8 Å². The average molecular weight is 429 g/mol. The van der Waals surface area contributed by atoms with Crippen LogP contribution in [0.4, 0.5) is 11.5 Å². The summed E-state index contributed by atoms with van der Waals surface area (Å²) in [6.07, 6.45) is 4.06. The van der Waals surface area contributed by atoms with E-state index in [1.807, 2.05) is 10.6 Å². The van der Waals surface area contributed by atoms with Crippen molar-refractivity contribution in [3.05, 3.63) is 33.2 Å². The first-order valence-corrected chi connectivity index (χ1v) is 8.82. The quantitative estimate of drug-likeness (QED) is 0.593. The minimum Gasteiger partial charge on any atom is -0.495 e. The minimum atomic E-state index is 0.174. The highest BCUT2D eigenvalue weighted by atomic mass is 79.9. The highest BCUT2D eigenvalue weighted by Gasteiger charge is 2.27. The molecule has 3 aromatic rings. The zero-order valence-corrected chi connectivity index (χ0v) is 15.7. The number of imidazole rings is 1. The lowest BCUT2D eigenvalue weighted by Gasteiger charge is -2.11. The van der Waals surface area contributed by atoms with E-state index in [-0.39, 0.29) is 5.28 Å². The van der Waals surface area contributed by atoms with Gasteiger partial charge in [-0.3, -0.25) is 0 Å². The second kappa shape index (κ2) is 6.06. The zero-order chi connectivity index (χ0) is 16.8. The number of nitrogens with one attached hydrogen (secondary N) is 1. The van der Waals surface area contributed by atoms with Crippen LogP contribution in [0.3, 0.4) is 0 Å². The number of anilines is 2. The molecule has 2 aromatic heterocycles.